The second-order valence-electron chi connectivity index (χ2n) is 4.75. The highest BCUT2D eigenvalue weighted by Crippen LogP contribution is 2.14. The van der Waals surface area contributed by atoms with Gasteiger partial charge in [-0.15, -0.1) is 0 Å². The second kappa shape index (κ2) is 7.46. The van der Waals surface area contributed by atoms with E-state index in [2.05, 4.69) is 15.0 Å². The number of esters is 1. The van der Waals surface area contributed by atoms with E-state index in [1.165, 1.54) is 37.7 Å². The quantitative estimate of drug-likeness (QED) is 0.813. The van der Waals surface area contributed by atoms with Crippen LogP contribution in [0.1, 0.15) is 27.6 Å². The Hall–Kier alpha value is -2.80. The topological polar surface area (TPSA) is 88.5 Å². The van der Waals surface area contributed by atoms with Crippen molar-refractivity contribution in [1.82, 2.24) is 10.3 Å². The van der Waals surface area contributed by atoms with Crippen LogP contribution >= 0.6 is 0 Å². The predicted molar refractivity (Wildman–Crippen MR) is 78.8 cm³/mol. The number of carbonyl (C=O) groups excluding carboxylic acids is 2. The molecule has 7 heteroatoms. The smallest absolute Gasteiger partial charge is 0.339 e. The fraction of sp³-hybridized carbons (Fsp3) is 0.188. The Morgan fingerprint density at radius 2 is 2.00 bits per heavy atom. The van der Waals surface area contributed by atoms with Gasteiger partial charge in [0.2, 0.25) is 0 Å². The number of pyridine rings is 1. The number of benzene rings is 1. The molecule has 0 unspecified atom stereocenters. The number of aliphatic hydroxyl groups excluding tert-OH is 1. The van der Waals surface area contributed by atoms with Gasteiger partial charge < -0.3 is 15.2 Å². The molecular formula is C16H15FN2O4. The third-order valence-electron chi connectivity index (χ3n) is 3.12. The molecule has 23 heavy (non-hydrogen) atoms. The lowest BCUT2D eigenvalue weighted by Crippen LogP contribution is -2.29. The summed E-state index contributed by atoms with van der Waals surface area (Å²) in [6.45, 7) is 0.0783. The lowest BCUT2D eigenvalue weighted by Gasteiger charge is -2.12. The number of hydrogen-bond donors (Lipinski definition) is 2. The fourth-order valence-corrected chi connectivity index (χ4v) is 1.90. The number of carbonyl (C=O) groups is 2. The van der Waals surface area contributed by atoms with E-state index in [1.54, 1.807) is 0 Å². The molecule has 2 aromatic rings. The van der Waals surface area contributed by atoms with Crippen LogP contribution < -0.4 is 5.32 Å². The zero-order valence-electron chi connectivity index (χ0n) is 12.3. The molecule has 2 rings (SSSR count). The molecule has 1 heterocycles. The summed E-state index contributed by atoms with van der Waals surface area (Å²) in [4.78, 5) is 27.2. The molecule has 1 amide bonds. The first-order valence-corrected chi connectivity index (χ1v) is 6.74. The molecule has 0 bridgehead atoms. The SMILES string of the molecule is COC(=O)c1cncc(CNC(=O)[C@@H](O)c2ccc(F)cc2)c1. The van der Waals surface area contributed by atoms with Crippen LogP contribution in [0.5, 0.6) is 0 Å². The van der Waals surface area contributed by atoms with Crippen molar-refractivity contribution in [3.8, 4) is 0 Å². The van der Waals surface area contributed by atoms with Gasteiger partial charge in [0.05, 0.1) is 12.7 Å². The fourth-order valence-electron chi connectivity index (χ4n) is 1.90. The monoisotopic (exact) mass is 318 g/mol. The molecule has 0 radical (unpaired) electrons. The normalized spacial score (nSPS) is 11.6. The number of rotatable bonds is 5. The molecule has 120 valence electrons. The lowest BCUT2D eigenvalue weighted by molar-refractivity contribution is -0.129. The van der Waals surface area contributed by atoms with Gasteiger partial charge in [0.25, 0.3) is 5.91 Å². The number of nitrogens with zero attached hydrogens (tertiary/aromatic N) is 1. The summed E-state index contributed by atoms with van der Waals surface area (Å²) in [6.07, 6.45) is 1.42. The van der Waals surface area contributed by atoms with Crippen molar-refractivity contribution in [3.05, 3.63) is 65.2 Å². The van der Waals surface area contributed by atoms with Crippen LogP contribution in [0.3, 0.4) is 0 Å². The number of halogens is 1. The zero-order chi connectivity index (χ0) is 16.8. The van der Waals surface area contributed by atoms with Gasteiger partial charge in [-0.2, -0.15) is 0 Å². The van der Waals surface area contributed by atoms with Crippen LogP contribution in [0.4, 0.5) is 4.39 Å². The maximum Gasteiger partial charge on any atom is 0.339 e. The van der Waals surface area contributed by atoms with Crippen molar-refractivity contribution in [3.63, 3.8) is 0 Å². The summed E-state index contributed by atoms with van der Waals surface area (Å²) < 4.78 is 17.4. The van der Waals surface area contributed by atoms with Gasteiger partial charge in [-0.3, -0.25) is 9.78 Å². The number of methoxy groups -OCH3 is 1. The maximum absolute atomic E-state index is 12.8. The number of ether oxygens (including phenoxy) is 1. The van der Waals surface area contributed by atoms with E-state index in [1.807, 2.05) is 0 Å². The highest BCUT2D eigenvalue weighted by atomic mass is 19.1. The Morgan fingerprint density at radius 3 is 2.65 bits per heavy atom. The van der Waals surface area contributed by atoms with Gasteiger partial charge in [-0.25, -0.2) is 9.18 Å². The minimum absolute atomic E-state index is 0.0783. The molecule has 0 aliphatic carbocycles. The molecule has 2 N–H and O–H groups in total. The molecule has 0 spiro atoms. The average Bonchev–Trinajstić information content (AvgIpc) is 2.59. The zero-order valence-corrected chi connectivity index (χ0v) is 12.3. The van der Waals surface area contributed by atoms with Gasteiger partial charge in [-0.1, -0.05) is 12.1 Å². The predicted octanol–water partition coefficient (Wildman–Crippen LogP) is 1.36. The van der Waals surface area contributed by atoms with Crippen molar-refractivity contribution < 1.29 is 23.8 Å². The summed E-state index contributed by atoms with van der Waals surface area (Å²) >= 11 is 0. The summed E-state index contributed by atoms with van der Waals surface area (Å²) in [5, 5.41) is 12.4. The van der Waals surface area contributed by atoms with Gasteiger partial charge in [0, 0.05) is 18.9 Å². The molecule has 1 aromatic heterocycles. The van der Waals surface area contributed by atoms with Crippen LogP contribution in [0.2, 0.25) is 0 Å². The van der Waals surface area contributed by atoms with Crippen LogP contribution in [-0.2, 0) is 16.1 Å². The molecule has 1 atom stereocenters. The van der Waals surface area contributed by atoms with Crippen LogP contribution in [0.25, 0.3) is 0 Å². The number of hydrogen-bond acceptors (Lipinski definition) is 5. The molecule has 0 aliphatic rings. The first kappa shape index (κ1) is 16.6. The summed E-state index contributed by atoms with van der Waals surface area (Å²) in [5.74, 6) is -1.62. The number of aliphatic hydroxyl groups is 1. The van der Waals surface area contributed by atoms with E-state index in [4.69, 9.17) is 0 Å². The first-order chi connectivity index (χ1) is 11.0. The Bertz CT molecular complexity index is 703. The van der Waals surface area contributed by atoms with Crippen LogP contribution in [0.15, 0.2) is 42.7 Å². The second-order valence-corrected chi connectivity index (χ2v) is 4.75. The Morgan fingerprint density at radius 1 is 1.30 bits per heavy atom. The highest BCUT2D eigenvalue weighted by Gasteiger charge is 2.17. The summed E-state index contributed by atoms with van der Waals surface area (Å²) in [5.41, 5.74) is 1.12. The van der Waals surface area contributed by atoms with E-state index in [0.29, 0.717) is 5.56 Å². The summed E-state index contributed by atoms with van der Waals surface area (Å²) in [6, 6.07) is 6.52. The molecule has 0 fully saturated rings. The van der Waals surface area contributed by atoms with Gasteiger partial charge in [0.1, 0.15) is 5.82 Å². The van der Waals surface area contributed by atoms with Crippen molar-refractivity contribution in [2.75, 3.05) is 7.11 Å². The molecule has 0 aliphatic heterocycles. The third kappa shape index (κ3) is 4.33. The molecular weight excluding hydrogens is 303 g/mol. The van der Waals surface area contributed by atoms with Gasteiger partial charge >= 0.3 is 5.97 Å². The minimum atomic E-state index is -1.41. The third-order valence-corrected chi connectivity index (χ3v) is 3.12. The average molecular weight is 318 g/mol. The van der Waals surface area contributed by atoms with E-state index >= 15 is 0 Å². The van der Waals surface area contributed by atoms with Crippen molar-refractivity contribution in [2.24, 2.45) is 0 Å². The van der Waals surface area contributed by atoms with Crippen molar-refractivity contribution in [1.29, 1.82) is 0 Å². The van der Waals surface area contributed by atoms with E-state index < -0.39 is 23.8 Å². The van der Waals surface area contributed by atoms with Crippen molar-refractivity contribution in [2.45, 2.75) is 12.6 Å². The van der Waals surface area contributed by atoms with Gasteiger partial charge in [0.15, 0.2) is 6.10 Å². The maximum atomic E-state index is 12.8. The Balaban J connectivity index is 1.98. The molecule has 0 saturated heterocycles. The summed E-state index contributed by atoms with van der Waals surface area (Å²) in [7, 11) is 1.26. The Kier molecular flexibility index (Phi) is 5.37. The number of amides is 1. The Labute approximate surface area is 131 Å². The standard InChI is InChI=1S/C16H15FN2O4/c1-23-16(22)12-6-10(7-18-9-12)8-19-15(21)14(20)11-2-4-13(17)5-3-11/h2-7,9,14,20H,8H2,1H3,(H,19,21)/t14-/m0/s1. The number of nitrogens with one attached hydrogen (secondary N) is 1. The van der Waals surface area contributed by atoms with E-state index in [0.717, 1.165) is 12.1 Å². The number of aromatic nitrogens is 1. The minimum Gasteiger partial charge on any atom is -0.465 e. The van der Waals surface area contributed by atoms with Crippen LogP contribution in [0, 0.1) is 5.82 Å². The molecule has 1 aromatic carbocycles. The first-order valence-electron chi connectivity index (χ1n) is 6.74. The highest BCUT2D eigenvalue weighted by molar-refractivity contribution is 5.89. The van der Waals surface area contributed by atoms with Crippen LogP contribution in [-0.4, -0.2) is 29.1 Å². The lowest BCUT2D eigenvalue weighted by atomic mass is 10.1. The van der Waals surface area contributed by atoms with Crippen molar-refractivity contribution >= 4 is 11.9 Å². The van der Waals surface area contributed by atoms with Gasteiger partial charge in [-0.05, 0) is 29.3 Å². The molecule has 0 saturated carbocycles. The molecule has 6 nitrogen and oxygen atoms in total. The van der Waals surface area contributed by atoms with E-state index in [9.17, 15) is 19.1 Å². The van der Waals surface area contributed by atoms with E-state index in [-0.39, 0.29) is 17.7 Å². The largest absolute Gasteiger partial charge is 0.465 e.